The Kier molecular flexibility index (Phi) is 5.30. The van der Waals surface area contributed by atoms with Crippen molar-refractivity contribution in [2.45, 2.75) is 18.7 Å². The number of hydrogen-bond donors (Lipinski definition) is 2. The highest BCUT2D eigenvalue weighted by Gasteiger charge is 2.16. The highest BCUT2D eigenvalue weighted by Crippen LogP contribution is 2.09. The summed E-state index contributed by atoms with van der Waals surface area (Å²) in [5.41, 5.74) is 6.79. The van der Waals surface area contributed by atoms with Gasteiger partial charge in [-0.3, -0.25) is 4.21 Å². The molecule has 0 amide bonds. The largest absolute Gasteiger partial charge is 0.399 e. The van der Waals surface area contributed by atoms with E-state index in [0.29, 0.717) is 17.0 Å². The molecule has 5 nitrogen and oxygen atoms in total. The quantitative estimate of drug-likeness (QED) is 0.745. The Morgan fingerprint density at radius 3 is 2.39 bits per heavy atom. The lowest BCUT2D eigenvalue weighted by atomic mass is 10.2. The van der Waals surface area contributed by atoms with Gasteiger partial charge in [0.2, 0.25) is 10.0 Å². The molecule has 0 fully saturated rings. The Morgan fingerprint density at radius 2 is 1.89 bits per heavy atom. The van der Waals surface area contributed by atoms with E-state index in [1.807, 2.05) is 0 Å². The van der Waals surface area contributed by atoms with E-state index >= 15 is 0 Å². The first-order valence-corrected chi connectivity index (χ1v) is 8.81. The first kappa shape index (κ1) is 15.1. The second kappa shape index (κ2) is 6.31. The molecule has 1 aromatic rings. The minimum Gasteiger partial charge on any atom is -0.399 e. The van der Waals surface area contributed by atoms with Crippen molar-refractivity contribution in [2.24, 2.45) is 0 Å². The summed E-state index contributed by atoms with van der Waals surface area (Å²) in [5, 5.41) is 0. The molecule has 18 heavy (non-hydrogen) atoms. The Bertz CT molecular complexity index is 512. The Labute approximate surface area is 110 Å². The van der Waals surface area contributed by atoms with E-state index in [0.717, 1.165) is 0 Å². The average Bonchev–Trinajstić information content (AvgIpc) is 2.18. The Balaban J connectivity index is 2.64. The Hall–Kier alpha value is -0.920. The Morgan fingerprint density at radius 1 is 1.33 bits per heavy atom. The fraction of sp³-hybridized carbons (Fsp3) is 0.455. The monoisotopic (exact) mass is 290 g/mol. The molecule has 0 aliphatic carbocycles. The molecule has 0 heterocycles. The van der Waals surface area contributed by atoms with Crippen molar-refractivity contribution >= 4 is 26.5 Å². The van der Waals surface area contributed by atoms with Gasteiger partial charge in [-0.05, 0) is 24.6 Å². The van der Waals surface area contributed by atoms with Gasteiger partial charge in [-0.15, -0.1) is 0 Å². The highest BCUT2D eigenvalue weighted by atomic mass is 32.2. The maximum atomic E-state index is 11.8. The van der Waals surface area contributed by atoms with Gasteiger partial charge in [0, 0.05) is 34.5 Å². The predicted molar refractivity (Wildman–Crippen MR) is 75.0 cm³/mol. The van der Waals surface area contributed by atoms with Crippen LogP contribution < -0.4 is 10.5 Å². The molecule has 0 aromatic heterocycles. The second-order valence-electron chi connectivity index (χ2n) is 4.26. The fourth-order valence-corrected chi connectivity index (χ4v) is 3.87. The molecule has 2 atom stereocenters. The van der Waals surface area contributed by atoms with Crippen LogP contribution in [0.5, 0.6) is 0 Å². The number of hydrogen-bond acceptors (Lipinski definition) is 4. The van der Waals surface area contributed by atoms with E-state index < -0.39 is 20.8 Å². The lowest BCUT2D eigenvalue weighted by Gasteiger charge is -2.12. The summed E-state index contributed by atoms with van der Waals surface area (Å²) in [6.07, 6.45) is 1.55. The van der Waals surface area contributed by atoms with Crippen molar-refractivity contribution in [3.05, 3.63) is 29.8 Å². The van der Waals surface area contributed by atoms with Crippen LogP contribution in [0, 0.1) is 0 Å². The third-order valence-corrected chi connectivity index (χ3v) is 4.65. The van der Waals surface area contributed by atoms with Crippen LogP contribution in [0.1, 0.15) is 12.5 Å². The fourth-order valence-electron chi connectivity index (χ4n) is 1.57. The van der Waals surface area contributed by atoms with Crippen LogP contribution in [0.2, 0.25) is 0 Å². The lowest BCUT2D eigenvalue weighted by molar-refractivity contribution is 0.569. The van der Waals surface area contributed by atoms with Crippen LogP contribution in [-0.2, 0) is 26.6 Å². The molecule has 0 bridgehead atoms. The smallest absolute Gasteiger partial charge is 0.216 e. The average molecular weight is 290 g/mol. The summed E-state index contributed by atoms with van der Waals surface area (Å²) in [6, 6.07) is 6.34. The molecule has 102 valence electrons. The predicted octanol–water partition coefficient (Wildman–Crippen LogP) is 0.455. The van der Waals surface area contributed by atoms with Crippen LogP contribution >= 0.6 is 0 Å². The van der Waals surface area contributed by atoms with E-state index in [4.69, 9.17) is 5.73 Å². The van der Waals surface area contributed by atoms with Gasteiger partial charge in [-0.1, -0.05) is 12.1 Å². The van der Waals surface area contributed by atoms with Crippen molar-refractivity contribution in [3.8, 4) is 0 Å². The van der Waals surface area contributed by atoms with Gasteiger partial charge in [0.1, 0.15) is 0 Å². The highest BCUT2D eigenvalue weighted by molar-refractivity contribution is 7.88. The molecule has 0 saturated carbocycles. The molecule has 2 unspecified atom stereocenters. The first-order valence-electron chi connectivity index (χ1n) is 5.43. The second-order valence-corrected chi connectivity index (χ2v) is 7.49. The van der Waals surface area contributed by atoms with Gasteiger partial charge in [0.05, 0.1) is 5.75 Å². The summed E-state index contributed by atoms with van der Waals surface area (Å²) in [4.78, 5) is 0. The third-order valence-electron chi connectivity index (χ3n) is 2.20. The zero-order chi connectivity index (χ0) is 13.8. The molecule has 0 saturated heterocycles. The van der Waals surface area contributed by atoms with Crippen LogP contribution in [0.4, 0.5) is 5.69 Å². The summed E-state index contributed by atoms with van der Waals surface area (Å²) in [7, 11) is -4.44. The number of anilines is 1. The minimum absolute atomic E-state index is 0.103. The number of nitrogens with one attached hydrogen (secondary N) is 1. The van der Waals surface area contributed by atoms with Crippen molar-refractivity contribution in [1.82, 2.24) is 4.72 Å². The molecule has 1 aromatic carbocycles. The van der Waals surface area contributed by atoms with E-state index in [9.17, 15) is 12.6 Å². The van der Waals surface area contributed by atoms with Gasteiger partial charge in [0.15, 0.2) is 0 Å². The van der Waals surface area contributed by atoms with Crippen LogP contribution in [0.3, 0.4) is 0 Å². The van der Waals surface area contributed by atoms with E-state index in [1.54, 1.807) is 37.4 Å². The molecule has 0 spiro atoms. The van der Waals surface area contributed by atoms with Crippen molar-refractivity contribution in [3.63, 3.8) is 0 Å². The van der Waals surface area contributed by atoms with Crippen LogP contribution in [0.25, 0.3) is 0 Å². The SMILES string of the molecule is CC(CS(C)=O)NS(=O)(=O)Cc1ccc(N)cc1. The zero-order valence-electron chi connectivity index (χ0n) is 10.4. The van der Waals surface area contributed by atoms with Gasteiger partial charge in [-0.2, -0.15) is 0 Å². The van der Waals surface area contributed by atoms with Crippen molar-refractivity contribution in [1.29, 1.82) is 0 Å². The molecule has 7 heteroatoms. The van der Waals surface area contributed by atoms with Gasteiger partial charge in [-0.25, -0.2) is 13.1 Å². The number of rotatable bonds is 6. The van der Waals surface area contributed by atoms with E-state index in [-0.39, 0.29) is 11.8 Å². The third kappa shape index (κ3) is 5.61. The summed E-state index contributed by atoms with van der Waals surface area (Å²) in [5.74, 6) is 0.203. The van der Waals surface area contributed by atoms with Crippen molar-refractivity contribution in [2.75, 3.05) is 17.7 Å². The van der Waals surface area contributed by atoms with Gasteiger partial charge < -0.3 is 5.73 Å². The number of sulfonamides is 1. The van der Waals surface area contributed by atoms with Gasteiger partial charge >= 0.3 is 0 Å². The topological polar surface area (TPSA) is 89.3 Å². The molecular weight excluding hydrogens is 272 g/mol. The molecule has 0 radical (unpaired) electrons. The maximum Gasteiger partial charge on any atom is 0.216 e. The van der Waals surface area contributed by atoms with Crippen LogP contribution in [-0.4, -0.2) is 30.7 Å². The molecular formula is C11H18N2O3S2. The normalized spacial score (nSPS) is 15.2. The summed E-state index contributed by atoms with van der Waals surface area (Å²) < 4.78 is 37.2. The molecule has 0 aliphatic rings. The number of benzene rings is 1. The zero-order valence-corrected chi connectivity index (χ0v) is 12.1. The van der Waals surface area contributed by atoms with Crippen LogP contribution in [0.15, 0.2) is 24.3 Å². The summed E-state index contributed by atoms with van der Waals surface area (Å²) >= 11 is 0. The van der Waals surface area contributed by atoms with Crippen molar-refractivity contribution < 1.29 is 12.6 Å². The number of nitrogen functional groups attached to an aromatic ring is 1. The standard InChI is InChI=1S/C11H18N2O3S2/c1-9(7-17(2)14)13-18(15,16)8-10-3-5-11(12)6-4-10/h3-6,9,13H,7-8,12H2,1-2H3. The van der Waals surface area contributed by atoms with E-state index in [1.165, 1.54) is 0 Å². The minimum atomic E-state index is -3.42. The molecule has 0 aliphatic heterocycles. The number of nitrogens with two attached hydrogens (primary N) is 1. The van der Waals surface area contributed by atoms with Gasteiger partial charge in [0.25, 0.3) is 0 Å². The molecule has 3 N–H and O–H groups in total. The van der Waals surface area contributed by atoms with E-state index in [2.05, 4.69) is 4.72 Å². The summed E-state index contributed by atoms with van der Waals surface area (Å²) in [6.45, 7) is 1.70. The molecule has 1 rings (SSSR count). The maximum absolute atomic E-state index is 11.8. The first-order chi connectivity index (χ1) is 8.28. The lowest BCUT2D eigenvalue weighted by Crippen LogP contribution is -2.36.